The molecule has 5 nitrogen and oxygen atoms in total. The molecule has 2 rings (SSSR count). The molecule has 0 spiro atoms. The van der Waals surface area contributed by atoms with Crippen molar-refractivity contribution in [2.45, 2.75) is 20.0 Å². The quantitative estimate of drug-likeness (QED) is 0.636. The topological polar surface area (TPSA) is 81.2 Å². The summed E-state index contributed by atoms with van der Waals surface area (Å²) in [5.41, 5.74) is 5.11. The number of aliphatic hydroxyl groups excluding tert-OH is 2. The number of nitrogens with zero attached hydrogens (tertiary/aromatic N) is 1. The van der Waals surface area contributed by atoms with Crippen molar-refractivity contribution in [1.82, 2.24) is 9.97 Å². The van der Waals surface area contributed by atoms with Crippen molar-refractivity contribution in [2.24, 2.45) is 0 Å². The molecule has 0 aliphatic heterocycles. The highest BCUT2D eigenvalue weighted by atomic mass is 16.3. The van der Waals surface area contributed by atoms with Crippen LogP contribution < -0.4 is 5.32 Å². The predicted molar refractivity (Wildman–Crippen MR) is 67.2 cm³/mol. The minimum atomic E-state index is -0.743. The molecule has 1 aromatic carbocycles. The summed E-state index contributed by atoms with van der Waals surface area (Å²) >= 11 is 0. The first-order valence-electron chi connectivity index (χ1n) is 5.59. The zero-order valence-corrected chi connectivity index (χ0v) is 9.99. The van der Waals surface area contributed by atoms with E-state index < -0.39 is 6.10 Å². The van der Waals surface area contributed by atoms with Gasteiger partial charge in [0, 0.05) is 12.2 Å². The molecule has 5 heteroatoms. The van der Waals surface area contributed by atoms with Gasteiger partial charge in [0.1, 0.15) is 0 Å². The number of hydrogen-bond acceptors (Lipinski definition) is 4. The van der Waals surface area contributed by atoms with E-state index in [1.54, 1.807) is 6.33 Å². The summed E-state index contributed by atoms with van der Waals surface area (Å²) in [5, 5.41) is 21.2. The van der Waals surface area contributed by atoms with Crippen LogP contribution in [0.1, 0.15) is 11.1 Å². The van der Waals surface area contributed by atoms with Crippen LogP contribution in [0.5, 0.6) is 0 Å². The highest BCUT2D eigenvalue weighted by Crippen LogP contribution is 2.25. The molecule has 0 amide bonds. The highest BCUT2D eigenvalue weighted by Gasteiger charge is 2.09. The summed E-state index contributed by atoms with van der Waals surface area (Å²) in [7, 11) is 0. The Morgan fingerprint density at radius 1 is 1.41 bits per heavy atom. The Kier molecular flexibility index (Phi) is 3.31. The number of fused-ring (bicyclic) bond motifs is 1. The van der Waals surface area contributed by atoms with E-state index in [0.717, 1.165) is 27.8 Å². The minimum Gasteiger partial charge on any atom is -0.394 e. The Hall–Kier alpha value is -1.59. The van der Waals surface area contributed by atoms with E-state index in [9.17, 15) is 5.11 Å². The molecule has 0 saturated carbocycles. The third-order valence-electron chi connectivity index (χ3n) is 3.02. The van der Waals surface area contributed by atoms with Gasteiger partial charge in [-0.05, 0) is 31.0 Å². The van der Waals surface area contributed by atoms with Gasteiger partial charge in [0.2, 0.25) is 0 Å². The van der Waals surface area contributed by atoms with Gasteiger partial charge in [0.05, 0.1) is 30.1 Å². The molecule has 92 valence electrons. The Balaban J connectivity index is 2.30. The molecule has 1 unspecified atom stereocenters. The molecule has 0 saturated heterocycles. The molecule has 4 N–H and O–H groups in total. The number of H-pyrrole nitrogens is 1. The standard InChI is InChI=1S/C12H17N3O2/c1-7-8(2)12-11(14-6-15-12)3-10(7)13-4-9(17)5-16/h3,6,9,13,16-17H,4-5H2,1-2H3,(H,14,15). The lowest BCUT2D eigenvalue weighted by molar-refractivity contribution is 0.105. The SMILES string of the molecule is Cc1c(NCC(O)CO)cc2[nH]cnc2c1C. The fraction of sp³-hybridized carbons (Fsp3) is 0.417. The lowest BCUT2D eigenvalue weighted by atomic mass is 10.1. The number of aromatic nitrogens is 2. The summed E-state index contributed by atoms with van der Waals surface area (Å²) in [5.74, 6) is 0. The molecule has 0 radical (unpaired) electrons. The van der Waals surface area contributed by atoms with Crippen LogP contribution in [0.4, 0.5) is 5.69 Å². The summed E-state index contributed by atoms with van der Waals surface area (Å²) in [4.78, 5) is 7.33. The number of nitrogens with one attached hydrogen (secondary N) is 2. The first kappa shape index (κ1) is 11.9. The highest BCUT2D eigenvalue weighted by molar-refractivity contribution is 5.84. The molecule has 17 heavy (non-hydrogen) atoms. The zero-order chi connectivity index (χ0) is 12.4. The van der Waals surface area contributed by atoms with Crippen molar-refractivity contribution in [3.05, 3.63) is 23.5 Å². The Bertz CT molecular complexity index is 522. The van der Waals surface area contributed by atoms with E-state index in [1.165, 1.54) is 0 Å². The molecule has 0 aliphatic carbocycles. The number of aromatic amines is 1. The minimum absolute atomic E-state index is 0.239. The van der Waals surface area contributed by atoms with Crippen molar-refractivity contribution < 1.29 is 10.2 Å². The number of imidazole rings is 1. The van der Waals surface area contributed by atoms with Crippen LogP contribution in [0.15, 0.2) is 12.4 Å². The van der Waals surface area contributed by atoms with Gasteiger partial charge >= 0.3 is 0 Å². The average molecular weight is 235 g/mol. The Labute approximate surface area is 99.5 Å². The second-order valence-corrected chi connectivity index (χ2v) is 4.19. The number of aliphatic hydroxyl groups is 2. The maximum atomic E-state index is 9.32. The number of rotatable bonds is 4. The van der Waals surface area contributed by atoms with E-state index in [2.05, 4.69) is 15.3 Å². The van der Waals surface area contributed by atoms with Crippen LogP contribution >= 0.6 is 0 Å². The van der Waals surface area contributed by atoms with Gasteiger partial charge in [-0.15, -0.1) is 0 Å². The molecule has 2 aromatic rings. The lowest BCUT2D eigenvalue weighted by Gasteiger charge is -2.14. The average Bonchev–Trinajstić information content (AvgIpc) is 2.79. The predicted octanol–water partition coefficient (Wildman–Crippen LogP) is 0.945. The van der Waals surface area contributed by atoms with Crippen LogP contribution in [0.2, 0.25) is 0 Å². The van der Waals surface area contributed by atoms with Crippen LogP contribution in [-0.2, 0) is 0 Å². The van der Waals surface area contributed by atoms with Gasteiger partial charge in [0.25, 0.3) is 0 Å². The summed E-state index contributed by atoms with van der Waals surface area (Å²) < 4.78 is 0. The summed E-state index contributed by atoms with van der Waals surface area (Å²) in [6.45, 7) is 4.12. The lowest BCUT2D eigenvalue weighted by Crippen LogP contribution is -2.23. The summed E-state index contributed by atoms with van der Waals surface area (Å²) in [6, 6.07) is 1.97. The number of hydrogen-bond donors (Lipinski definition) is 4. The second kappa shape index (κ2) is 4.73. The molecular weight excluding hydrogens is 218 g/mol. The third kappa shape index (κ3) is 2.25. The van der Waals surface area contributed by atoms with E-state index in [-0.39, 0.29) is 6.61 Å². The normalized spacial score (nSPS) is 12.9. The van der Waals surface area contributed by atoms with Crippen molar-refractivity contribution in [1.29, 1.82) is 0 Å². The van der Waals surface area contributed by atoms with Gasteiger partial charge in [-0.3, -0.25) is 0 Å². The van der Waals surface area contributed by atoms with Gasteiger partial charge in [-0.1, -0.05) is 0 Å². The third-order valence-corrected chi connectivity index (χ3v) is 3.02. The first-order valence-corrected chi connectivity index (χ1v) is 5.59. The van der Waals surface area contributed by atoms with E-state index in [1.807, 2.05) is 19.9 Å². The zero-order valence-electron chi connectivity index (χ0n) is 9.99. The van der Waals surface area contributed by atoms with Gasteiger partial charge in [0.15, 0.2) is 0 Å². The molecule has 1 heterocycles. The molecule has 0 bridgehead atoms. The van der Waals surface area contributed by atoms with Crippen molar-refractivity contribution in [2.75, 3.05) is 18.5 Å². The van der Waals surface area contributed by atoms with Gasteiger partial charge < -0.3 is 20.5 Å². The number of benzene rings is 1. The van der Waals surface area contributed by atoms with Crippen LogP contribution in [-0.4, -0.2) is 39.4 Å². The number of anilines is 1. The maximum absolute atomic E-state index is 9.32. The molecule has 0 aliphatic rings. The fourth-order valence-corrected chi connectivity index (χ4v) is 1.82. The van der Waals surface area contributed by atoms with Gasteiger partial charge in [-0.25, -0.2) is 4.98 Å². The first-order chi connectivity index (χ1) is 8.13. The van der Waals surface area contributed by atoms with Gasteiger partial charge in [-0.2, -0.15) is 0 Å². The maximum Gasteiger partial charge on any atom is 0.0942 e. The van der Waals surface area contributed by atoms with Crippen molar-refractivity contribution >= 4 is 16.7 Å². The number of aryl methyl sites for hydroxylation is 1. The molecule has 0 fully saturated rings. The second-order valence-electron chi connectivity index (χ2n) is 4.19. The van der Waals surface area contributed by atoms with E-state index in [4.69, 9.17) is 5.11 Å². The van der Waals surface area contributed by atoms with Crippen LogP contribution in [0, 0.1) is 13.8 Å². The van der Waals surface area contributed by atoms with E-state index >= 15 is 0 Å². The smallest absolute Gasteiger partial charge is 0.0942 e. The molecular formula is C12H17N3O2. The fourth-order valence-electron chi connectivity index (χ4n) is 1.82. The van der Waals surface area contributed by atoms with Crippen molar-refractivity contribution in [3.8, 4) is 0 Å². The largest absolute Gasteiger partial charge is 0.394 e. The monoisotopic (exact) mass is 235 g/mol. The van der Waals surface area contributed by atoms with Crippen molar-refractivity contribution in [3.63, 3.8) is 0 Å². The Morgan fingerprint density at radius 3 is 2.88 bits per heavy atom. The van der Waals surface area contributed by atoms with Crippen LogP contribution in [0.25, 0.3) is 11.0 Å². The van der Waals surface area contributed by atoms with Crippen LogP contribution in [0.3, 0.4) is 0 Å². The summed E-state index contributed by atoms with van der Waals surface area (Å²) in [6.07, 6.45) is 0.927. The molecule has 1 atom stereocenters. The Morgan fingerprint density at radius 2 is 2.18 bits per heavy atom. The van der Waals surface area contributed by atoms with E-state index in [0.29, 0.717) is 6.54 Å². The molecule has 1 aromatic heterocycles.